The minimum absolute atomic E-state index is 0.420. The van der Waals surface area contributed by atoms with E-state index in [1.165, 1.54) is 5.32 Å². The van der Waals surface area contributed by atoms with Gasteiger partial charge < -0.3 is 5.32 Å². The second-order valence-electron chi connectivity index (χ2n) is 8.01. The molecule has 0 aromatic heterocycles. The van der Waals surface area contributed by atoms with Crippen LogP contribution in [0.1, 0.15) is 11.1 Å². The number of alkyl halides is 8. The van der Waals surface area contributed by atoms with Gasteiger partial charge in [0.2, 0.25) is 0 Å². The second kappa shape index (κ2) is 10.1. The monoisotopic (exact) mass is 625 g/mol. The van der Waals surface area contributed by atoms with Gasteiger partial charge >= 0.3 is 18.0 Å². The summed E-state index contributed by atoms with van der Waals surface area (Å²) in [5, 5.41) is 0.640. The number of hydrazine groups is 1. The van der Waals surface area contributed by atoms with Crippen molar-refractivity contribution in [3.8, 4) is 0 Å². The van der Waals surface area contributed by atoms with E-state index in [2.05, 4.69) is 15.4 Å². The minimum Gasteiger partial charge on any atom is -0.334 e. The summed E-state index contributed by atoms with van der Waals surface area (Å²) in [6.45, 7) is -0.917. The number of fused-ring (bicyclic) bond motifs is 1. The van der Waals surface area contributed by atoms with Crippen molar-refractivity contribution < 1.29 is 43.9 Å². The molecule has 39 heavy (non-hydrogen) atoms. The van der Waals surface area contributed by atoms with E-state index in [4.69, 9.17) is 23.2 Å². The van der Waals surface area contributed by atoms with Crippen molar-refractivity contribution in [1.82, 2.24) is 10.7 Å². The molecule has 2 unspecified atom stereocenters. The summed E-state index contributed by atoms with van der Waals surface area (Å²) in [5.41, 5.74) is -6.86. The van der Waals surface area contributed by atoms with Crippen molar-refractivity contribution >= 4 is 49.8 Å². The number of nitrogens with zero attached hydrogens (tertiary/aromatic N) is 3. The zero-order valence-corrected chi connectivity index (χ0v) is 21.3. The zero-order chi connectivity index (χ0) is 29.1. The third kappa shape index (κ3) is 5.81. The average Bonchev–Trinajstić information content (AvgIpc) is 3.13. The van der Waals surface area contributed by atoms with Crippen molar-refractivity contribution in [2.75, 3.05) is 5.01 Å². The fourth-order valence-electron chi connectivity index (χ4n) is 3.68. The minimum atomic E-state index is -5.32. The fourth-order valence-corrected chi connectivity index (χ4v) is 4.48. The number of anilines is 1. The molecule has 4 rings (SSSR count). The van der Waals surface area contributed by atoms with Crippen LogP contribution in [0.4, 0.5) is 49.6 Å². The SMILES string of the molecule is Fc1cccc(F)c1CN=C1C2=C(C(F)(F)F)NC(C(F)(F)P)=NC2NN1c1c(Cl)cc(C(F)(F)F)cc1Cl. The fraction of sp³-hybridized carbons (Fsp3) is 0.238. The molecule has 0 radical (unpaired) electrons. The third-order valence-electron chi connectivity index (χ3n) is 5.36. The van der Waals surface area contributed by atoms with Gasteiger partial charge in [0.05, 0.1) is 33.4 Å². The molecule has 0 aliphatic carbocycles. The van der Waals surface area contributed by atoms with E-state index in [1.54, 1.807) is 0 Å². The summed E-state index contributed by atoms with van der Waals surface area (Å²) in [4.78, 5) is 7.40. The smallest absolute Gasteiger partial charge is 0.334 e. The molecule has 2 aliphatic rings. The Morgan fingerprint density at radius 1 is 0.949 bits per heavy atom. The molecule has 2 aliphatic heterocycles. The van der Waals surface area contributed by atoms with Crippen LogP contribution in [0.5, 0.6) is 0 Å². The van der Waals surface area contributed by atoms with E-state index >= 15 is 0 Å². The van der Waals surface area contributed by atoms with Crippen LogP contribution in [0, 0.1) is 11.6 Å². The molecule has 1 fully saturated rings. The van der Waals surface area contributed by atoms with Crippen molar-refractivity contribution in [2.24, 2.45) is 9.98 Å². The largest absolute Gasteiger partial charge is 0.431 e. The number of amidine groups is 2. The highest BCUT2D eigenvalue weighted by Crippen LogP contribution is 2.44. The number of rotatable bonds is 4. The van der Waals surface area contributed by atoms with Crippen molar-refractivity contribution in [2.45, 2.75) is 30.7 Å². The highest BCUT2D eigenvalue weighted by Gasteiger charge is 2.51. The molecule has 1 saturated heterocycles. The second-order valence-corrected chi connectivity index (χ2v) is 9.54. The Morgan fingerprint density at radius 3 is 2.00 bits per heavy atom. The molecule has 2 atom stereocenters. The van der Waals surface area contributed by atoms with Crippen molar-refractivity contribution in [3.05, 3.63) is 74.4 Å². The number of allylic oxidation sites excluding steroid dienone is 1. The van der Waals surface area contributed by atoms with E-state index in [0.717, 1.165) is 27.4 Å². The lowest BCUT2D eigenvalue weighted by molar-refractivity contribution is -0.137. The average molecular weight is 626 g/mol. The Hall–Kier alpha value is -2.61. The van der Waals surface area contributed by atoms with Gasteiger partial charge in [-0.05, 0) is 24.3 Å². The lowest BCUT2D eigenvalue weighted by atomic mass is 10.1. The summed E-state index contributed by atoms with van der Waals surface area (Å²) in [6, 6.07) is 3.58. The topological polar surface area (TPSA) is 52.0 Å². The highest BCUT2D eigenvalue weighted by atomic mass is 35.5. The van der Waals surface area contributed by atoms with Gasteiger partial charge in [-0.15, -0.1) is 0 Å². The molecule has 0 saturated carbocycles. The van der Waals surface area contributed by atoms with Crippen LogP contribution in [0.25, 0.3) is 0 Å². The van der Waals surface area contributed by atoms with Crippen LogP contribution in [0.15, 0.2) is 51.6 Å². The van der Waals surface area contributed by atoms with Crippen LogP contribution >= 0.6 is 32.4 Å². The molecule has 0 amide bonds. The van der Waals surface area contributed by atoms with Crippen LogP contribution in [0.2, 0.25) is 10.0 Å². The lowest BCUT2D eigenvalue weighted by Gasteiger charge is -2.26. The Bertz CT molecular complexity index is 1370. The van der Waals surface area contributed by atoms with Gasteiger partial charge in [0, 0.05) is 5.56 Å². The molecule has 2 aromatic carbocycles. The Morgan fingerprint density at radius 2 is 1.51 bits per heavy atom. The molecule has 2 N–H and O–H groups in total. The number of nitrogens with one attached hydrogen (secondary N) is 2. The van der Waals surface area contributed by atoms with Gasteiger partial charge in [-0.2, -0.15) is 40.5 Å². The molecule has 210 valence electrons. The van der Waals surface area contributed by atoms with Gasteiger partial charge in [-0.1, -0.05) is 38.5 Å². The Labute approximate surface area is 224 Å². The van der Waals surface area contributed by atoms with Gasteiger partial charge in [-0.25, -0.2) is 13.8 Å². The van der Waals surface area contributed by atoms with E-state index < -0.39 is 92.2 Å². The number of halogens is 12. The maximum absolute atomic E-state index is 14.2. The van der Waals surface area contributed by atoms with Gasteiger partial charge in [-0.3, -0.25) is 10.0 Å². The summed E-state index contributed by atoms with van der Waals surface area (Å²) < 4.78 is 138. The Kier molecular flexibility index (Phi) is 7.60. The van der Waals surface area contributed by atoms with Crippen LogP contribution < -0.4 is 15.8 Å². The number of aliphatic imine (C=N–C) groups is 2. The number of hydrogen-bond acceptors (Lipinski definition) is 4. The first kappa shape index (κ1) is 29.4. The highest BCUT2D eigenvalue weighted by molar-refractivity contribution is 7.20. The maximum atomic E-state index is 14.2. The molecule has 5 nitrogen and oxygen atoms in total. The summed E-state index contributed by atoms with van der Waals surface area (Å²) >= 11 is 12.0. The van der Waals surface area contributed by atoms with Gasteiger partial charge in [0.25, 0.3) is 0 Å². The summed E-state index contributed by atoms with van der Waals surface area (Å²) in [5.74, 6) is -4.43. The first-order valence-corrected chi connectivity index (χ1v) is 11.7. The van der Waals surface area contributed by atoms with E-state index in [0.29, 0.717) is 17.1 Å². The molecule has 0 bridgehead atoms. The standard InChI is InChI=1S/C21H12Cl2F10N5P/c22-9-4-7(19(26,27)28)5-10(23)14(9)38-17(34-6-8-11(24)2-1-3-12(8)25)13-15(20(29,30)31)35-18(21(32,33)39)36-16(13)37-38/h1-5,16,37H,6,39H2,(H,35,36). The maximum Gasteiger partial charge on any atom is 0.431 e. The van der Waals surface area contributed by atoms with Gasteiger partial charge in [0.15, 0.2) is 11.7 Å². The lowest BCUT2D eigenvalue weighted by Crippen LogP contribution is -2.46. The molecule has 0 spiro atoms. The van der Waals surface area contributed by atoms with E-state index in [-0.39, 0.29) is 0 Å². The predicted octanol–water partition coefficient (Wildman–Crippen LogP) is 6.83. The number of benzene rings is 2. The van der Waals surface area contributed by atoms with E-state index in [1.807, 2.05) is 0 Å². The molecular weight excluding hydrogens is 614 g/mol. The molecular formula is C21H12Cl2F10N5P. The summed E-state index contributed by atoms with van der Waals surface area (Å²) in [7, 11) is 1.01. The molecule has 18 heteroatoms. The van der Waals surface area contributed by atoms with Crippen molar-refractivity contribution in [3.63, 3.8) is 0 Å². The normalized spacial score (nSPS) is 19.4. The molecule has 2 aromatic rings. The quantitative estimate of drug-likeness (QED) is 0.289. The van der Waals surface area contributed by atoms with Crippen molar-refractivity contribution in [1.29, 1.82) is 0 Å². The number of hydrogen-bond donors (Lipinski definition) is 2. The summed E-state index contributed by atoms with van der Waals surface area (Å²) in [6.07, 6.45) is -12.2. The first-order chi connectivity index (χ1) is 17.9. The van der Waals surface area contributed by atoms with Crippen LogP contribution in [-0.4, -0.2) is 29.7 Å². The van der Waals surface area contributed by atoms with Crippen LogP contribution in [-0.2, 0) is 12.7 Å². The van der Waals surface area contributed by atoms with Crippen LogP contribution in [0.3, 0.4) is 0 Å². The van der Waals surface area contributed by atoms with E-state index in [9.17, 15) is 43.9 Å². The zero-order valence-electron chi connectivity index (χ0n) is 18.6. The third-order valence-corrected chi connectivity index (χ3v) is 6.21. The Balaban J connectivity index is 1.95. The first-order valence-electron chi connectivity index (χ1n) is 10.3. The van der Waals surface area contributed by atoms with Gasteiger partial charge in [0.1, 0.15) is 23.5 Å². The predicted molar refractivity (Wildman–Crippen MR) is 127 cm³/mol. The molecule has 2 heterocycles.